The van der Waals surface area contributed by atoms with E-state index < -0.39 is 11.9 Å². The quantitative estimate of drug-likeness (QED) is 0.871. The second-order valence-electron chi connectivity index (χ2n) is 3.88. The molecule has 4 nitrogen and oxygen atoms in total. The van der Waals surface area contributed by atoms with Crippen LogP contribution < -0.4 is 0 Å². The molecule has 17 heavy (non-hydrogen) atoms. The van der Waals surface area contributed by atoms with E-state index >= 15 is 0 Å². The van der Waals surface area contributed by atoms with Crippen LogP contribution in [0.1, 0.15) is 24.0 Å². The summed E-state index contributed by atoms with van der Waals surface area (Å²) in [6.45, 7) is 2.77. The summed E-state index contributed by atoms with van der Waals surface area (Å²) < 4.78 is 10.6. The summed E-state index contributed by atoms with van der Waals surface area (Å²) >= 11 is 0. The Morgan fingerprint density at radius 3 is 2.53 bits per heavy atom. The number of carboxylic acids is 1. The van der Waals surface area contributed by atoms with Gasteiger partial charge in [0.2, 0.25) is 0 Å². The van der Waals surface area contributed by atoms with Gasteiger partial charge in [-0.25, -0.2) is 0 Å². The van der Waals surface area contributed by atoms with Crippen molar-refractivity contribution >= 4 is 11.7 Å². The Hall–Kier alpha value is -1.97. The Kier molecular flexibility index (Phi) is 3.32. The zero-order chi connectivity index (χ0) is 12.3. The SMILES string of the molecule is CC(C(=O)O)c1ccc(C2=COCCO2)cc1. The van der Waals surface area contributed by atoms with Crippen LogP contribution in [0.4, 0.5) is 0 Å². The van der Waals surface area contributed by atoms with Gasteiger partial charge in [-0.3, -0.25) is 4.79 Å². The van der Waals surface area contributed by atoms with E-state index in [0.29, 0.717) is 19.0 Å². The van der Waals surface area contributed by atoms with Crippen LogP contribution in [0.2, 0.25) is 0 Å². The van der Waals surface area contributed by atoms with Crippen molar-refractivity contribution in [2.45, 2.75) is 12.8 Å². The topological polar surface area (TPSA) is 55.8 Å². The van der Waals surface area contributed by atoms with E-state index in [1.807, 2.05) is 12.1 Å². The molecule has 0 fully saturated rings. The maximum absolute atomic E-state index is 10.8. The third-order valence-electron chi connectivity index (χ3n) is 2.71. The molecular formula is C13H14O4. The number of aliphatic carboxylic acids is 1. The molecule has 0 saturated heterocycles. The van der Waals surface area contributed by atoms with E-state index in [4.69, 9.17) is 14.6 Å². The summed E-state index contributed by atoms with van der Waals surface area (Å²) in [6.07, 6.45) is 1.58. The number of benzene rings is 1. The first-order valence-electron chi connectivity index (χ1n) is 5.46. The third kappa shape index (κ3) is 2.58. The predicted molar refractivity (Wildman–Crippen MR) is 62.4 cm³/mol. The van der Waals surface area contributed by atoms with Crippen LogP contribution in [0.3, 0.4) is 0 Å². The minimum atomic E-state index is -0.825. The van der Waals surface area contributed by atoms with Crippen LogP contribution in [0.25, 0.3) is 5.76 Å². The number of hydrogen-bond acceptors (Lipinski definition) is 3. The zero-order valence-corrected chi connectivity index (χ0v) is 9.55. The normalized spacial score (nSPS) is 16.4. The van der Waals surface area contributed by atoms with E-state index in [2.05, 4.69) is 0 Å². The molecular weight excluding hydrogens is 220 g/mol. The van der Waals surface area contributed by atoms with E-state index in [-0.39, 0.29) is 0 Å². The van der Waals surface area contributed by atoms with Gasteiger partial charge in [0.15, 0.2) is 5.76 Å². The van der Waals surface area contributed by atoms with Crippen molar-refractivity contribution in [3.63, 3.8) is 0 Å². The van der Waals surface area contributed by atoms with Crippen LogP contribution in [0, 0.1) is 0 Å². The standard InChI is InChI=1S/C13H14O4/c1-9(13(14)15)10-2-4-11(5-3-10)12-8-16-6-7-17-12/h2-5,8-9H,6-7H2,1H3,(H,14,15). The first kappa shape index (κ1) is 11.5. The number of rotatable bonds is 3. The Balaban J connectivity index is 2.18. The minimum Gasteiger partial charge on any atom is -0.494 e. The molecule has 0 spiro atoms. The number of carboxylic acid groups (broad SMARTS) is 1. The lowest BCUT2D eigenvalue weighted by atomic mass is 10.00. The van der Waals surface area contributed by atoms with Crippen molar-refractivity contribution in [1.29, 1.82) is 0 Å². The molecule has 1 unspecified atom stereocenters. The monoisotopic (exact) mass is 234 g/mol. The fraction of sp³-hybridized carbons (Fsp3) is 0.308. The fourth-order valence-electron chi connectivity index (χ4n) is 1.60. The molecule has 1 aliphatic rings. The summed E-state index contributed by atoms with van der Waals surface area (Å²) in [5, 5.41) is 8.90. The van der Waals surface area contributed by atoms with Gasteiger partial charge in [0.05, 0.1) is 5.92 Å². The van der Waals surface area contributed by atoms with E-state index in [9.17, 15) is 4.79 Å². The molecule has 0 amide bonds. The van der Waals surface area contributed by atoms with Gasteiger partial charge in [0, 0.05) is 5.56 Å². The molecule has 2 rings (SSSR count). The molecule has 4 heteroatoms. The summed E-state index contributed by atoms with van der Waals surface area (Å²) in [5.74, 6) is -0.637. The molecule has 0 bridgehead atoms. The molecule has 0 aliphatic carbocycles. The second-order valence-corrected chi connectivity index (χ2v) is 3.88. The highest BCUT2D eigenvalue weighted by molar-refractivity contribution is 5.75. The highest BCUT2D eigenvalue weighted by Gasteiger charge is 2.14. The Morgan fingerprint density at radius 1 is 1.29 bits per heavy atom. The molecule has 1 aromatic rings. The van der Waals surface area contributed by atoms with Gasteiger partial charge >= 0.3 is 5.97 Å². The van der Waals surface area contributed by atoms with Gasteiger partial charge in [-0.2, -0.15) is 0 Å². The van der Waals surface area contributed by atoms with Crippen LogP contribution in [0.5, 0.6) is 0 Å². The van der Waals surface area contributed by atoms with Crippen LogP contribution >= 0.6 is 0 Å². The average Bonchev–Trinajstić information content (AvgIpc) is 2.39. The van der Waals surface area contributed by atoms with E-state index in [0.717, 1.165) is 11.1 Å². The molecule has 1 aliphatic heterocycles. The molecule has 1 atom stereocenters. The fourth-order valence-corrected chi connectivity index (χ4v) is 1.60. The van der Waals surface area contributed by atoms with E-state index in [1.165, 1.54) is 0 Å². The smallest absolute Gasteiger partial charge is 0.310 e. The Bertz CT molecular complexity index is 433. The molecule has 1 aromatic carbocycles. The molecule has 0 aromatic heterocycles. The molecule has 1 N–H and O–H groups in total. The van der Waals surface area contributed by atoms with Crippen LogP contribution in [-0.4, -0.2) is 24.3 Å². The van der Waals surface area contributed by atoms with Gasteiger partial charge in [0.1, 0.15) is 19.5 Å². The van der Waals surface area contributed by atoms with Crippen molar-refractivity contribution in [2.24, 2.45) is 0 Å². The van der Waals surface area contributed by atoms with E-state index in [1.54, 1.807) is 25.3 Å². The van der Waals surface area contributed by atoms with Gasteiger partial charge in [-0.1, -0.05) is 24.3 Å². The number of carbonyl (C=O) groups is 1. The first-order valence-corrected chi connectivity index (χ1v) is 5.46. The van der Waals surface area contributed by atoms with Crippen molar-refractivity contribution in [3.05, 3.63) is 41.7 Å². The third-order valence-corrected chi connectivity index (χ3v) is 2.71. The lowest BCUT2D eigenvalue weighted by Crippen LogP contribution is -2.09. The van der Waals surface area contributed by atoms with Crippen molar-refractivity contribution in [1.82, 2.24) is 0 Å². The molecule has 0 radical (unpaired) electrons. The van der Waals surface area contributed by atoms with Crippen molar-refractivity contribution in [2.75, 3.05) is 13.2 Å². The molecule has 0 saturated carbocycles. The number of hydrogen-bond donors (Lipinski definition) is 1. The highest BCUT2D eigenvalue weighted by atomic mass is 16.6. The van der Waals surface area contributed by atoms with Crippen molar-refractivity contribution in [3.8, 4) is 0 Å². The Morgan fingerprint density at radius 2 is 2.00 bits per heavy atom. The first-order chi connectivity index (χ1) is 8.18. The second kappa shape index (κ2) is 4.91. The van der Waals surface area contributed by atoms with Gasteiger partial charge in [0.25, 0.3) is 0 Å². The summed E-state index contributed by atoms with van der Waals surface area (Å²) in [7, 11) is 0. The Labute approximate surface area is 99.5 Å². The predicted octanol–water partition coefficient (Wildman–Crippen LogP) is 2.22. The summed E-state index contributed by atoms with van der Waals surface area (Å²) in [4.78, 5) is 10.8. The molecule has 1 heterocycles. The lowest BCUT2D eigenvalue weighted by molar-refractivity contribution is -0.138. The highest BCUT2D eigenvalue weighted by Crippen LogP contribution is 2.22. The zero-order valence-electron chi connectivity index (χ0n) is 9.55. The average molecular weight is 234 g/mol. The minimum absolute atomic E-state index is 0.499. The van der Waals surface area contributed by atoms with Crippen LogP contribution in [-0.2, 0) is 14.3 Å². The van der Waals surface area contributed by atoms with Gasteiger partial charge in [-0.15, -0.1) is 0 Å². The lowest BCUT2D eigenvalue weighted by Gasteiger charge is -2.16. The van der Waals surface area contributed by atoms with Crippen LogP contribution in [0.15, 0.2) is 30.5 Å². The maximum Gasteiger partial charge on any atom is 0.310 e. The maximum atomic E-state index is 10.8. The number of ether oxygens (including phenoxy) is 2. The summed E-state index contributed by atoms with van der Waals surface area (Å²) in [5.41, 5.74) is 1.67. The van der Waals surface area contributed by atoms with Crippen molar-refractivity contribution < 1.29 is 19.4 Å². The summed E-state index contributed by atoms with van der Waals surface area (Å²) in [6, 6.07) is 7.28. The molecule has 90 valence electrons. The largest absolute Gasteiger partial charge is 0.494 e. The van der Waals surface area contributed by atoms with Gasteiger partial charge in [-0.05, 0) is 12.5 Å². The van der Waals surface area contributed by atoms with Gasteiger partial charge < -0.3 is 14.6 Å².